The predicted molar refractivity (Wildman–Crippen MR) is 32.3 cm³/mol. The fraction of sp³-hybridized carbons (Fsp3) is 0.857. The molecule has 0 aromatic carbocycles. The SMILES string of the molecule is [CH2]CC1CCC(F)(F)C1. The van der Waals surface area contributed by atoms with Crippen LogP contribution in [0.2, 0.25) is 0 Å². The molecule has 0 nitrogen and oxygen atoms in total. The molecule has 0 aromatic heterocycles. The standard InChI is InChI=1S/C7H11F2/c1-2-6-3-4-7(8,9)5-6/h6H,1-5H2. The highest BCUT2D eigenvalue weighted by Crippen LogP contribution is 2.39. The number of hydrogen-bond acceptors (Lipinski definition) is 0. The van der Waals surface area contributed by atoms with Crippen molar-refractivity contribution >= 4 is 0 Å². The maximum absolute atomic E-state index is 12.4. The summed E-state index contributed by atoms with van der Waals surface area (Å²) in [6, 6.07) is 0. The first-order valence-electron chi connectivity index (χ1n) is 3.31. The summed E-state index contributed by atoms with van der Waals surface area (Å²) < 4.78 is 24.7. The van der Waals surface area contributed by atoms with Crippen molar-refractivity contribution in [1.82, 2.24) is 0 Å². The topological polar surface area (TPSA) is 0 Å². The molecule has 0 N–H and O–H groups in total. The van der Waals surface area contributed by atoms with E-state index in [1.807, 2.05) is 0 Å². The molecule has 9 heavy (non-hydrogen) atoms. The molecule has 0 bridgehead atoms. The van der Waals surface area contributed by atoms with Crippen molar-refractivity contribution in [2.75, 3.05) is 0 Å². The second-order valence-corrected chi connectivity index (χ2v) is 2.75. The summed E-state index contributed by atoms with van der Waals surface area (Å²) in [6.45, 7) is 3.60. The minimum atomic E-state index is -2.37. The van der Waals surface area contributed by atoms with Crippen LogP contribution in [0.1, 0.15) is 25.7 Å². The van der Waals surface area contributed by atoms with E-state index >= 15 is 0 Å². The normalized spacial score (nSPS) is 33.0. The zero-order valence-corrected chi connectivity index (χ0v) is 5.37. The molecule has 0 amide bonds. The number of hydrogen-bond donors (Lipinski definition) is 0. The third kappa shape index (κ3) is 1.63. The Hall–Kier alpha value is -0.140. The lowest BCUT2D eigenvalue weighted by Crippen LogP contribution is -2.09. The van der Waals surface area contributed by atoms with Crippen molar-refractivity contribution in [3.05, 3.63) is 6.92 Å². The van der Waals surface area contributed by atoms with Crippen LogP contribution in [-0.4, -0.2) is 5.92 Å². The number of rotatable bonds is 1. The van der Waals surface area contributed by atoms with Crippen LogP contribution in [0.25, 0.3) is 0 Å². The van der Waals surface area contributed by atoms with Gasteiger partial charge in [-0.1, -0.05) is 13.3 Å². The Morgan fingerprint density at radius 1 is 1.56 bits per heavy atom. The van der Waals surface area contributed by atoms with Gasteiger partial charge in [0.2, 0.25) is 5.92 Å². The van der Waals surface area contributed by atoms with E-state index in [0.717, 1.165) is 0 Å². The third-order valence-electron chi connectivity index (χ3n) is 1.91. The van der Waals surface area contributed by atoms with Gasteiger partial charge in [0.05, 0.1) is 0 Å². The summed E-state index contributed by atoms with van der Waals surface area (Å²) >= 11 is 0. The average Bonchev–Trinajstić information content (AvgIpc) is 2.10. The van der Waals surface area contributed by atoms with E-state index in [-0.39, 0.29) is 18.8 Å². The van der Waals surface area contributed by atoms with Crippen molar-refractivity contribution in [1.29, 1.82) is 0 Å². The highest BCUT2D eigenvalue weighted by molar-refractivity contribution is 4.81. The minimum Gasteiger partial charge on any atom is -0.207 e. The first-order chi connectivity index (χ1) is 4.14. The maximum Gasteiger partial charge on any atom is 0.248 e. The zero-order chi connectivity index (χ0) is 6.91. The number of halogens is 2. The van der Waals surface area contributed by atoms with Crippen LogP contribution >= 0.6 is 0 Å². The van der Waals surface area contributed by atoms with Gasteiger partial charge in [-0.05, 0) is 12.3 Å². The largest absolute Gasteiger partial charge is 0.248 e. The second kappa shape index (κ2) is 2.24. The summed E-state index contributed by atoms with van der Waals surface area (Å²) in [5.74, 6) is -2.19. The van der Waals surface area contributed by atoms with Gasteiger partial charge in [-0.15, -0.1) is 0 Å². The van der Waals surface area contributed by atoms with Crippen molar-refractivity contribution in [2.24, 2.45) is 5.92 Å². The van der Waals surface area contributed by atoms with E-state index in [9.17, 15) is 8.78 Å². The average molecular weight is 133 g/mol. The van der Waals surface area contributed by atoms with Gasteiger partial charge in [0.1, 0.15) is 0 Å². The molecule has 0 heterocycles. The molecule has 2 heteroatoms. The molecular weight excluding hydrogens is 122 g/mol. The van der Waals surface area contributed by atoms with Crippen molar-refractivity contribution in [2.45, 2.75) is 31.6 Å². The van der Waals surface area contributed by atoms with Crippen LogP contribution in [0, 0.1) is 12.8 Å². The molecule has 1 atom stereocenters. The van der Waals surface area contributed by atoms with Crippen LogP contribution in [0.15, 0.2) is 0 Å². The van der Waals surface area contributed by atoms with Crippen LogP contribution < -0.4 is 0 Å². The first-order valence-corrected chi connectivity index (χ1v) is 3.31. The molecule has 0 saturated heterocycles. The Morgan fingerprint density at radius 3 is 2.44 bits per heavy atom. The Labute approximate surface area is 54.3 Å². The van der Waals surface area contributed by atoms with E-state index in [2.05, 4.69) is 6.92 Å². The molecule has 1 unspecified atom stereocenters. The Kier molecular flexibility index (Phi) is 1.73. The summed E-state index contributed by atoms with van der Waals surface area (Å²) in [5, 5.41) is 0. The minimum absolute atomic E-state index is 0.0660. The molecule has 1 aliphatic rings. The van der Waals surface area contributed by atoms with E-state index in [4.69, 9.17) is 0 Å². The smallest absolute Gasteiger partial charge is 0.207 e. The molecule has 0 aromatic rings. The van der Waals surface area contributed by atoms with Gasteiger partial charge < -0.3 is 0 Å². The van der Waals surface area contributed by atoms with Gasteiger partial charge in [-0.25, -0.2) is 8.78 Å². The molecule has 1 radical (unpaired) electrons. The summed E-state index contributed by atoms with van der Waals surface area (Å²) in [6.07, 6.45) is 1.47. The van der Waals surface area contributed by atoms with Gasteiger partial charge in [-0.3, -0.25) is 0 Å². The molecule has 0 spiro atoms. The molecule has 1 fully saturated rings. The number of alkyl halides is 2. The van der Waals surface area contributed by atoms with Crippen LogP contribution in [-0.2, 0) is 0 Å². The lowest BCUT2D eigenvalue weighted by Gasteiger charge is -2.06. The third-order valence-corrected chi connectivity index (χ3v) is 1.91. The van der Waals surface area contributed by atoms with E-state index in [1.165, 1.54) is 0 Å². The zero-order valence-electron chi connectivity index (χ0n) is 5.37. The molecule has 1 aliphatic carbocycles. The van der Waals surface area contributed by atoms with Gasteiger partial charge in [0.25, 0.3) is 0 Å². The van der Waals surface area contributed by atoms with Crippen molar-refractivity contribution in [3.63, 3.8) is 0 Å². The summed E-state index contributed by atoms with van der Waals surface area (Å²) in [5.41, 5.74) is 0. The van der Waals surface area contributed by atoms with Crippen LogP contribution in [0.5, 0.6) is 0 Å². The lowest BCUT2D eigenvalue weighted by atomic mass is 10.1. The molecule has 1 rings (SSSR count). The Bertz CT molecular complexity index is 99.1. The molecule has 53 valence electrons. The fourth-order valence-electron chi connectivity index (χ4n) is 1.29. The maximum atomic E-state index is 12.4. The predicted octanol–water partition coefficient (Wildman–Crippen LogP) is 2.65. The van der Waals surface area contributed by atoms with E-state index in [0.29, 0.717) is 12.8 Å². The monoisotopic (exact) mass is 133 g/mol. The van der Waals surface area contributed by atoms with Crippen LogP contribution in [0.3, 0.4) is 0 Å². The Balaban J connectivity index is 2.38. The van der Waals surface area contributed by atoms with Crippen molar-refractivity contribution < 1.29 is 8.78 Å². The van der Waals surface area contributed by atoms with Crippen LogP contribution in [0.4, 0.5) is 8.78 Å². The summed E-state index contributed by atoms with van der Waals surface area (Å²) in [7, 11) is 0. The Morgan fingerprint density at radius 2 is 2.22 bits per heavy atom. The van der Waals surface area contributed by atoms with Gasteiger partial charge >= 0.3 is 0 Å². The first kappa shape index (κ1) is 6.97. The van der Waals surface area contributed by atoms with Gasteiger partial charge in [0.15, 0.2) is 0 Å². The molecular formula is C7H11F2. The van der Waals surface area contributed by atoms with E-state index < -0.39 is 5.92 Å². The van der Waals surface area contributed by atoms with Gasteiger partial charge in [0, 0.05) is 12.8 Å². The molecule has 1 saturated carbocycles. The highest BCUT2D eigenvalue weighted by Gasteiger charge is 2.38. The van der Waals surface area contributed by atoms with Gasteiger partial charge in [-0.2, -0.15) is 0 Å². The molecule has 0 aliphatic heterocycles. The summed E-state index contributed by atoms with van der Waals surface area (Å²) in [4.78, 5) is 0. The van der Waals surface area contributed by atoms with E-state index in [1.54, 1.807) is 0 Å². The quantitative estimate of drug-likeness (QED) is 0.515. The fourth-order valence-corrected chi connectivity index (χ4v) is 1.29. The van der Waals surface area contributed by atoms with Crippen molar-refractivity contribution in [3.8, 4) is 0 Å². The second-order valence-electron chi connectivity index (χ2n) is 2.75. The highest BCUT2D eigenvalue weighted by atomic mass is 19.3. The lowest BCUT2D eigenvalue weighted by molar-refractivity contribution is 0.00515.